The number of rotatable bonds is 4. The van der Waals surface area contributed by atoms with E-state index in [1.807, 2.05) is 0 Å². The summed E-state index contributed by atoms with van der Waals surface area (Å²) in [5.41, 5.74) is 0.753. The summed E-state index contributed by atoms with van der Waals surface area (Å²) in [7, 11) is 0. The van der Waals surface area contributed by atoms with Gasteiger partial charge in [-0.1, -0.05) is 29.3 Å². The number of hydrogen-bond donors (Lipinski definition) is 1. The molecule has 4 heteroatoms. The highest BCUT2D eigenvalue weighted by molar-refractivity contribution is 6.36. The Bertz CT molecular complexity index is 382. The molecule has 0 amide bonds. The van der Waals surface area contributed by atoms with E-state index >= 15 is 0 Å². The summed E-state index contributed by atoms with van der Waals surface area (Å²) in [6, 6.07) is 5.32. The molecule has 1 aromatic carbocycles. The Morgan fingerprint density at radius 2 is 1.94 bits per heavy atom. The van der Waals surface area contributed by atoms with Crippen LogP contribution in [0.4, 0.5) is 0 Å². The van der Waals surface area contributed by atoms with Crippen molar-refractivity contribution in [2.24, 2.45) is 5.92 Å². The van der Waals surface area contributed by atoms with Crippen LogP contribution in [0.25, 0.3) is 0 Å². The van der Waals surface area contributed by atoms with E-state index in [9.17, 15) is 4.79 Å². The highest BCUT2D eigenvalue weighted by Gasteiger charge is 2.21. The molecular weight excluding hydrogens is 245 g/mol. The van der Waals surface area contributed by atoms with E-state index in [2.05, 4.69) is 5.32 Å². The predicted molar refractivity (Wildman–Crippen MR) is 66.1 cm³/mol. The van der Waals surface area contributed by atoms with Crippen molar-refractivity contribution in [1.29, 1.82) is 0 Å². The Morgan fingerprint density at radius 1 is 1.31 bits per heavy atom. The van der Waals surface area contributed by atoms with Crippen LogP contribution in [-0.2, 0) is 11.2 Å². The maximum atomic E-state index is 11.8. The summed E-state index contributed by atoms with van der Waals surface area (Å²) in [6.07, 6.45) is 0.962. The van der Waals surface area contributed by atoms with Crippen LogP contribution in [0.3, 0.4) is 0 Å². The minimum atomic E-state index is 0.210. The van der Waals surface area contributed by atoms with Gasteiger partial charge in [-0.25, -0.2) is 0 Å². The Balaban J connectivity index is 1.99. The maximum Gasteiger partial charge on any atom is 0.137 e. The minimum absolute atomic E-state index is 0.210. The first kappa shape index (κ1) is 11.9. The topological polar surface area (TPSA) is 29.1 Å². The fourth-order valence-corrected chi connectivity index (χ4v) is 2.32. The van der Waals surface area contributed by atoms with Crippen molar-refractivity contribution in [2.75, 3.05) is 13.1 Å². The molecule has 0 atom stereocenters. The zero-order chi connectivity index (χ0) is 11.5. The lowest BCUT2D eigenvalue weighted by Gasteiger charge is -2.26. The van der Waals surface area contributed by atoms with Crippen LogP contribution in [-0.4, -0.2) is 18.9 Å². The molecular formula is C12H13Cl2NO. The number of hydrogen-bond acceptors (Lipinski definition) is 2. The SMILES string of the molecule is O=C(Cc1c(Cl)cccc1Cl)CC1CNC1. The van der Waals surface area contributed by atoms with Gasteiger partial charge in [0.25, 0.3) is 0 Å². The van der Waals surface area contributed by atoms with Crippen LogP contribution in [0, 0.1) is 5.92 Å². The van der Waals surface area contributed by atoms with Crippen LogP contribution >= 0.6 is 23.2 Å². The van der Waals surface area contributed by atoms with Crippen LogP contribution in [0.5, 0.6) is 0 Å². The van der Waals surface area contributed by atoms with E-state index in [0.717, 1.165) is 18.7 Å². The first-order valence-corrected chi connectivity index (χ1v) is 6.07. The molecule has 86 valence electrons. The van der Waals surface area contributed by atoms with E-state index in [4.69, 9.17) is 23.2 Å². The molecule has 1 saturated heterocycles. The number of halogens is 2. The van der Waals surface area contributed by atoms with Crippen LogP contribution in [0.1, 0.15) is 12.0 Å². The Morgan fingerprint density at radius 3 is 2.44 bits per heavy atom. The van der Waals surface area contributed by atoms with Gasteiger partial charge in [-0.05, 0) is 36.7 Å². The smallest absolute Gasteiger partial charge is 0.137 e. The number of nitrogens with one attached hydrogen (secondary N) is 1. The Hall–Kier alpha value is -0.570. The quantitative estimate of drug-likeness (QED) is 0.899. The summed E-state index contributed by atoms with van der Waals surface area (Å²) in [6.45, 7) is 1.89. The highest BCUT2D eigenvalue weighted by Crippen LogP contribution is 2.25. The van der Waals surface area contributed by atoms with Crippen molar-refractivity contribution < 1.29 is 4.79 Å². The van der Waals surface area contributed by atoms with Gasteiger partial charge in [0.2, 0.25) is 0 Å². The van der Waals surface area contributed by atoms with E-state index in [-0.39, 0.29) is 5.78 Å². The van der Waals surface area contributed by atoms with E-state index in [1.54, 1.807) is 18.2 Å². The van der Waals surface area contributed by atoms with Crippen LogP contribution in [0.2, 0.25) is 10.0 Å². The van der Waals surface area contributed by atoms with Crippen molar-refractivity contribution in [3.63, 3.8) is 0 Å². The lowest BCUT2D eigenvalue weighted by Crippen LogP contribution is -2.43. The molecule has 0 saturated carbocycles. The van der Waals surface area contributed by atoms with Crippen molar-refractivity contribution in [3.8, 4) is 0 Å². The van der Waals surface area contributed by atoms with Gasteiger partial charge in [0.05, 0.1) is 0 Å². The summed E-state index contributed by atoms with van der Waals surface area (Å²) < 4.78 is 0. The number of benzene rings is 1. The van der Waals surface area contributed by atoms with Gasteiger partial charge in [0.15, 0.2) is 0 Å². The third-order valence-corrected chi connectivity index (χ3v) is 3.53. The lowest BCUT2D eigenvalue weighted by molar-refractivity contribution is -0.119. The van der Waals surface area contributed by atoms with Crippen molar-refractivity contribution in [1.82, 2.24) is 5.32 Å². The molecule has 0 spiro atoms. The predicted octanol–water partition coefficient (Wildman–Crippen LogP) is 2.71. The van der Waals surface area contributed by atoms with Gasteiger partial charge in [-0.3, -0.25) is 4.79 Å². The van der Waals surface area contributed by atoms with Gasteiger partial charge >= 0.3 is 0 Å². The number of carbonyl (C=O) groups is 1. The van der Waals surface area contributed by atoms with Crippen molar-refractivity contribution in [2.45, 2.75) is 12.8 Å². The monoisotopic (exact) mass is 257 g/mol. The second kappa shape index (κ2) is 5.17. The van der Waals surface area contributed by atoms with Crippen molar-refractivity contribution in [3.05, 3.63) is 33.8 Å². The molecule has 0 radical (unpaired) electrons. The average molecular weight is 258 g/mol. The summed E-state index contributed by atoms with van der Waals surface area (Å²) in [5, 5.41) is 4.30. The molecule has 1 aliphatic heterocycles. The molecule has 2 rings (SSSR count). The second-order valence-corrected chi connectivity index (χ2v) is 4.96. The zero-order valence-corrected chi connectivity index (χ0v) is 10.3. The minimum Gasteiger partial charge on any atom is -0.316 e. The lowest BCUT2D eigenvalue weighted by atomic mass is 9.94. The molecule has 2 nitrogen and oxygen atoms in total. The first-order valence-electron chi connectivity index (χ1n) is 5.32. The molecule has 1 fully saturated rings. The molecule has 0 aliphatic carbocycles. The summed E-state index contributed by atoms with van der Waals surface area (Å²) >= 11 is 12.0. The van der Waals surface area contributed by atoms with Crippen molar-refractivity contribution >= 4 is 29.0 Å². The van der Waals surface area contributed by atoms with Gasteiger partial charge in [-0.15, -0.1) is 0 Å². The second-order valence-electron chi connectivity index (χ2n) is 4.14. The molecule has 0 aromatic heterocycles. The molecule has 1 heterocycles. The normalized spacial score (nSPS) is 15.9. The van der Waals surface area contributed by atoms with Crippen LogP contribution < -0.4 is 5.32 Å². The van der Waals surface area contributed by atoms with Gasteiger partial charge in [0.1, 0.15) is 5.78 Å². The van der Waals surface area contributed by atoms with E-state index in [0.29, 0.717) is 28.8 Å². The Kier molecular flexibility index (Phi) is 3.85. The van der Waals surface area contributed by atoms with Crippen LogP contribution in [0.15, 0.2) is 18.2 Å². The summed E-state index contributed by atoms with van der Waals surface area (Å²) in [5.74, 6) is 0.704. The van der Waals surface area contributed by atoms with E-state index < -0.39 is 0 Å². The number of carbonyl (C=O) groups excluding carboxylic acids is 1. The molecule has 1 N–H and O–H groups in total. The molecule has 1 aromatic rings. The van der Waals surface area contributed by atoms with E-state index in [1.165, 1.54) is 0 Å². The number of ketones is 1. The summed E-state index contributed by atoms with van der Waals surface area (Å²) in [4.78, 5) is 11.8. The molecule has 0 bridgehead atoms. The van der Waals surface area contributed by atoms with Gasteiger partial charge < -0.3 is 5.32 Å². The highest BCUT2D eigenvalue weighted by atomic mass is 35.5. The molecule has 16 heavy (non-hydrogen) atoms. The fraction of sp³-hybridized carbons (Fsp3) is 0.417. The molecule has 1 aliphatic rings. The Labute approximate surface area is 105 Å². The first-order chi connectivity index (χ1) is 7.66. The zero-order valence-electron chi connectivity index (χ0n) is 8.80. The van der Waals surface area contributed by atoms with Gasteiger partial charge in [0, 0.05) is 22.9 Å². The van der Waals surface area contributed by atoms with Gasteiger partial charge in [-0.2, -0.15) is 0 Å². The third kappa shape index (κ3) is 2.76. The molecule has 0 unspecified atom stereocenters. The number of Topliss-reactive ketones (excluding diaryl/α,β-unsaturated/α-hetero) is 1. The maximum absolute atomic E-state index is 11.8. The fourth-order valence-electron chi connectivity index (χ4n) is 1.79. The average Bonchev–Trinajstić information content (AvgIpc) is 2.18. The largest absolute Gasteiger partial charge is 0.316 e. The third-order valence-electron chi connectivity index (χ3n) is 2.82. The standard InChI is InChI=1S/C12H13Cl2NO/c13-11-2-1-3-12(14)10(11)5-9(16)4-8-6-15-7-8/h1-3,8,15H,4-7H2.